The van der Waals surface area contributed by atoms with Crippen molar-refractivity contribution in [2.24, 2.45) is 0 Å². The van der Waals surface area contributed by atoms with E-state index in [9.17, 15) is 5.11 Å². The van der Waals surface area contributed by atoms with Gasteiger partial charge in [0.25, 0.3) is 0 Å². The predicted octanol–water partition coefficient (Wildman–Crippen LogP) is 1.99. The van der Waals surface area contributed by atoms with Crippen LogP contribution in [0, 0.1) is 0 Å². The van der Waals surface area contributed by atoms with Crippen molar-refractivity contribution in [2.45, 2.75) is 38.8 Å². The molecule has 1 unspecified atom stereocenters. The quantitative estimate of drug-likeness (QED) is 0.822. The number of rotatable bonds is 2. The number of fused-ring (bicyclic) bond motifs is 1. The van der Waals surface area contributed by atoms with E-state index in [1.54, 1.807) is 0 Å². The van der Waals surface area contributed by atoms with Crippen LogP contribution in [0.4, 0.5) is 0 Å². The van der Waals surface area contributed by atoms with E-state index in [2.05, 4.69) is 30.1 Å². The lowest BCUT2D eigenvalue weighted by Crippen LogP contribution is -2.17. The Balaban J connectivity index is 2.21. The Bertz CT molecular complexity index is 360. The van der Waals surface area contributed by atoms with Crippen LogP contribution in [0.1, 0.15) is 30.0 Å². The molecule has 0 spiro atoms. The molecule has 2 heteroatoms. The van der Waals surface area contributed by atoms with Gasteiger partial charge in [-0.2, -0.15) is 0 Å². The fourth-order valence-corrected chi connectivity index (χ4v) is 2.44. The van der Waals surface area contributed by atoms with Gasteiger partial charge >= 0.3 is 0 Å². The number of nitrogens with zero attached hydrogens (tertiary/aromatic N) is 1. The number of aliphatic hydroxyl groups is 1. The maximum absolute atomic E-state index is 9.40. The summed E-state index contributed by atoms with van der Waals surface area (Å²) in [5, 5.41) is 9.40. The largest absolute Gasteiger partial charge is 0.393 e. The van der Waals surface area contributed by atoms with Crippen molar-refractivity contribution in [3.05, 3.63) is 34.9 Å². The van der Waals surface area contributed by atoms with Gasteiger partial charge in [-0.05, 0) is 56.5 Å². The molecule has 1 atom stereocenters. The summed E-state index contributed by atoms with van der Waals surface area (Å²) >= 11 is 0. The predicted molar refractivity (Wildman–Crippen MR) is 66.5 cm³/mol. The SMILES string of the molecule is CC(O)Cc1ccc2c(c1)CCCN(C)C2. The fourth-order valence-electron chi connectivity index (χ4n) is 2.44. The molecule has 2 rings (SSSR count). The summed E-state index contributed by atoms with van der Waals surface area (Å²) in [4.78, 5) is 2.38. The highest BCUT2D eigenvalue weighted by Gasteiger charge is 2.12. The molecule has 1 heterocycles. The van der Waals surface area contributed by atoms with Gasteiger partial charge in [-0.15, -0.1) is 0 Å². The zero-order valence-corrected chi connectivity index (χ0v) is 10.2. The first-order valence-corrected chi connectivity index (χ1v) is 6.12. The molecule has 0 saturated heterocycles. The zero-order chi connectivity index (χ0) is 11.5. The lowest BCUT2D eigenvalue weighted by atomic mass is 9.98. The monoisotopic (exact) mass is 219 g/mol. The van der Waals surface area contributed by atoms with Crippen LogP contribution in [0.15, 0.2) is 18.2 Å². The molecule has 0 bridgehead atoms. The third-order valence-corrected chi connectivity index (χ3v) is 3.23. The maximum atomic E-state index is 9.40. The lowest BCUT2D eigenvalue weighted by molar-refractivity contribution is 0.195. The summed E-state index contributed by atoms with van der Waals surface area (Å²) < 4.78 is 0. The highest BCUT2D eigenvalue weighted by Crippen LogP contribution is 2.20. The van der Waals surface area contributed by atoms with Crippen molar-refractivity contribution in [1.82, 2.24) is 4.90 Å². The van der Waals surface area contributed by atoms with E-state index in [0.717, 1.165) is 13.0 Å². The van der Waals surface area contributed by atoms with Gasteiger partial charge in [0.05, 0.1) is 6.10 Å². The first-order valence-electron chi connectivity index (χ1n) is 6.12. The van der Waals surface area contributed by atoms with Gasteiger partial charge < -0.3 is 10.0 Å². The number of aliphatic hydroxyl groups excluding tert-OH is 1. The fraction of sp³-hybridized carbons (Fsp3) is 0.571. The van der Waals surface area contributed by atoms with Crippen LogP contribution in [0.2, 0.25) is 0 Å². The van der Waals surface area contributed by atoms with Gasteiger partial charge in [0, 0.05) is 6.54 Å². The molecule has 0 amide bonds. The molecule has 1 aliphatic rings. The van der Waals surface area contributed by atoms with Gasteiger partial charge in [0.2, 0.25) is 0 Å². The second-order valence-electron chi connectivity index (χ2n) is 5.00. The molecule has 2 nitrogen and oxygen atoms in total. The van der Waals surface area contributed by atoms with E-state index in [4.69, 9.17) is 0 Å². The van der Waals surface area contributed by atoms with Gasteiger partial charge in [0.1, 0.15) is 0 Å². The van der Waals surface area contributed by atoms with Crippen LogP contribution in [0.3, 0.4) is 0 Å². The van der Waals surface area contributed by atoms with Crippen molar-refractivity contribution in [1.29, 1.82) is 0 Å². The third kappa shape index (κ3) is 2.83. The maximum Gasteiger partial charge on any atom is 0.0552 e. The van der Waals surface area contributed by atoms with Crippen LogP contribution >= 0.6 is 0 Å². The van der Waals surface area contributed by atoms with E-state index in [1.807, 2.05) is 6.92 Å². The van der Waals surface area contributed by atoms with Crippen LogP contribution in [-0.2, 0) is 19.4 Å². The average molecular weight is 219 g/mol. The number of aryl methyl sites for hydroxylation is 1. The standard InChI is InChI=1S/C14H21NO/c1-11(16)8-12-5-6-14-10-15(2)7-3-4-13(14)9-12/h5-6,9,11,16H,3-4,7-8,10H2,1-2H3. The second-order valence-corrected chi connectivity index (χ2v) is 5.00. The number of benzene rings is 1. The summed E-state index contributed by atoms with van der Waals surface area (Å²) in [7, 11) is 2.18. The lowest BCUT2D eigenvalue weighted by Gasteiger charge is -2.14. The zero-order valence-electron chi connectivity index (χ0n) is 10.2. The minimum Gasteiger partial charge on any atom is -0.393 e. The first-order chi connectivity index (χ1) is 7.65. The molecule has 0 radical (unpaired) electrons. The Kier molecular flexibility index (Phi) is 3.62. The Morgan fingerprint density at radius 3 is 2.94 bits per heavy atom. The van der Waals surface area contributed by atoms with Gasteiger partial charge in [-0.3, -0.25) is 0 Å². The van der Waals surface area contributed by atoms with E-state index in [-0.39, 0.29) is 6.10 Å². The van der Waals surface area contributed by atoms with Crippen LogP contribution < -0.4 is 0 Å². The van der Waals surface area contributed by atoms with E-state index in [0.29, 0.717) is 0 Å². The number of hydrogen-bond acceptors (Lipinski definition) is 2. The van der Waals surface area contributed by atoms with Crippen molar-refractivity contribution in [3.8, 4) is 0 Å². The normalized spacial score (nSPS) is 18.9. The van der Waals surface area contributed by atoms with Crippen molar-refractivity contribution >= 4 is 0 Å². The third-order valence-electron chi connectivity index (χ3n) is 3.23. The molecule has 1 aliphatic heterocycles. The summed E-state index contributed by atoms with van der Waals surface area (Å²) in [5.74, 6) is 0. The molecule has 88 valence electrons. The molecule has 0 saturated carbocycles. The molecule has 16 heavy (non-hydrogen) atoms. The minimum absolute atomic E-state index is 0.244. The second kappa shape index (κ2) is 4.98. The highest BCUT2D eigenvalue weighted by atomic mass is 16.3. The summed E-state index contributed by atoms with van der Waals surface area (Å²) in [6, 6.07) is 6.67. The molecule has 1 aromatic carbocycles. The van der Waals surface area contributed by atoms with Crippen molar-refractivity contribution in [3.63, 3.8) is 0 Å². The molecule has 0 aliphatic carbocycles. The Labute approximate surface area is 97.9 Å². The summed E-state index contributed by atoms with van der Waals surface area (Å²) in [6.45, 7) is 4.09. The average Bonchev–Trinajstić information content (AvgIpc) is 2.37. The minimum atomic E-state index is -0.244. The van der Waals surface area contributed by atoms with E-state index < -0.39 is 0 Å². The smallest absolute Gasteiger partial charge is 0.0552 e. The first kappa shape index (κ1) is 11.6. The Morgan fingerprint density at radius 1 is 1.38 bits per heavy atom. The van der Waals surface area contributed by atoms with E-state index >= 15 is 0 Å². The Morgan fingerprint density at radius 2 is 2.19 bits per heavy atom. The summed E-state index contributed by atoms with van der Waals surface area (Å²) in [6.07, 6.45) is 2.93. The highest BCUT2D eigenvalue weighted by molar-refractivity contribution is 5.33. The molecular formula is C14H21NO. The van der Waals surface area contributed by atoms with Crippen LogP contribution in [-0.4, -0.2) is 29.7 Å². The molecule has 0 fully saturated rings. The van der Waals surface area contributed by atoms with Gasteiger partial charge in [-0.1, -0.05) is 18.2 Å². The van der Waals surface area contributed by atoms with Crippen LogP contribution in [0.5, 0.6) is 0 Å². The number of hydrogen-bond donors (Lipinski definition) is 1. The molecule has 1 aromatic rings. The van der Waals surface area contributed by atoms with Gasteiger partial charge in [0.15, 0.2) is 0 Å². The summed E-state index contributed by atoms with van der Waals surface area (Å²) in [5.41, 5.74) is 4.19. The van der Waals surface area contributed by atoms with E-state index in [1.165, 1.54) is 36.1 Å². The molecular weight excluding hydrogens is 198 g/mol. The molecule has 1 N–H and O–H groups in total. The van der Waals surface area contributed by atoms with Crippen LogP contribution in [0.25, 0.3) is 0 Å². The van der Waals surface area contributed by atoms with Crippen molar-refractivity contribution < 1.29 is 5.11 Å². The topological polar surface area (TPSA) is 23.5 Å². The van der Waals surface area contributed by atoms with Crippen molar-refractivity contribution in [2.75, 3.05) is 13.6 Å². The van der Waals surface area contributed by atoms with Gasteiger partial charge in [-0.25, -0.2) is 0 Å². The Hall–Kier alpha value is -0.860. The molecule has 0 aromatic heterocycles.